The largest absolute Gasteiger partial charge is 0.469 e. The summed E-state index contributed by atoms with van der Waals surface area (Å²) in [6.45, 7) is 4.69. The van der Waals surface area contributed by atoms with Crippen molar-refractivity contribution in [2.45, 2.75) is 43.2 Å². The lowest BCUT2D eigenvalue weighted by molar-refractivity contribution is -0.113. The van der Waals surface area contributed by atoms with E-state index in [4.69, 9.17) is 4.42 Å². The predicted molar refractivity (Wildman–Crippen MR) is 127 cm³/mol. The molecule has 9 nitrogen and oxygen atoms in total. The number of amides is 1. The summed E-state index contributed by atoms with van der Waals surface area (Å²) in [5.41, 5.74) is 1.96. The van der Waals surface area contributed by atoms with Gasteiger partial charge in [-0.2, -0.15) is 4.31 Å². The van der Waals surface area contributed by atoms with Crippen LogP contribution >= 0.6 is 11.8 Å². The Balaban J connectivity index is 1.43. The number of hydrogen-bond donors (Lipinski definition) is 1. The van der Waals surface area contributed by atoms with Gasteiger partial charge in [-0.05, 0) is 50.5 Å². The molecule has 0 atom stereocenters. The van der Waals surface area contributed by atoms with Crippen molar-refractivity contribution in [3.8, 4) is 11.4 Å². The third kappa shape index (κ3) is 4.99. The molecule has 0 spiro atoms. The van der Waals surface area contributed by atoms with Gasteiger partial charge in [-0.15, -0.1) is 10.2 Å². The van der Waals surface area contributed by atoms with Crippen LogP contribution in [0.1, 0.15) is 30.6 Å². The average molecular weight is 490 g/mol. The van der Waals surface area contributed by atoms with Crippen LogP contribution in [-0.4, -0.2) is 52.2 Å². The maximum Gasteiger partial charge on any atom is 0.243 e. The maximum absolute atomic E-state index is 13.1. The number of furan rings is 1. The Morgan fingerprint density at radius 1 is 1.15 bits per heavy atom. The van der Waals surface area contributed by atoms with Crippen molar-refractivity contribution in [1.29, 1.82) is 0 Å². The van der Waals surface area contributed by atoms with Crippen LogP contribution in [0.4, 0.5) is 5.69 Å². The second-order valence-electron chi connectivity index (χ2n) is 8.04. The number of anilines is 1. The van der Waals surface area contributed by atoms with Crippen molar-refractivity contribution in [2.24, 2.45) is 7.05 Å². The fraction of sp³-hybridized carbons (Fsp3) is 0.409. The minimum Gasteiger partial charge on any atom is -0.469 e. The lowest BCUT2D eigenvalue weighted by atomic mass is 10.2. The highest BCUT2D eigenvalue weighted by molar-refractivity contribution is 7.99. The van der Waals surface area contributed by atoms with E-state index in [1.165, 1.54) is 16.1 Å². The molecular weight excluding hydrogens is 462 g/mol. The van der Waals surface area contributed by atoms with Gasteiger partial charge < -0.3 is 14.3 Å². The van der Waals surface area contributed by atoms with E-state index < -0.39 is 10.0 Å². The van der Waals surface area contributed by atoms with Crippen LogP contribution in [0.25, 0.3) is 11.4 Å². The van der Waals surface area contributed by atoms with E-state index in [1.54, 1.807) is 31.4 Å². The van der Waals surface area contributed by atoms with Gasteiger partial charge in [0.1, 0.15) is 5.76 Å². The Morgan fingerprint density at radius 2 is 1.91 bits per heavy atom. The molecule has 1 fully saturated rings. The lowest BCUT2D eigenvalue weighted by Gasteiger charge is -2.26. The molecule has 0 bridgehead atoms. The Kier molecular flexibility index (Phi) is 6.91. The van der Waals surface area contributed by atoms with Gasteiger partial charge in [0.15, 0.2) is 11.0 Å². The number of carbonyl (C=O) groups is 1. The van der Waals surface area contributed by atoms with Crippen LogP contribution in [0, 0.1) is 13.8 Å². The molecule has 4 rings (SSSR count). The number of hydrogen-bond acceptors (Lipinski definition) is 7. The number of nitrogens with one attached hydrogen (secondary N) is 1. The molecule has 176 valence electrons. The second kappa shape index (κ2) is 9.70. The number of thioether (sulfide) groups is 1. The Labute approximate surface area is 197 Å². The number of sulfonamides is 1. The minimum absolute atomic E-state index is 0.110. The quantitative estimate of drug-likeness (QED) is 0.505. The molecule has 0 saturated carbocycles. The third-order valence-corrected chi connectivity index (χ3v) is 8.73. The van der Waals surface area contributed by atoms with E-state index in [0.717, 1.165) is 30.6 Å². The van der Waals surface area contributed by atoms with E-state index in [1.807, 2.05) is 24.6 Å². The molecule has 1 aromatic carbocycles. The van der Waals surface area contributed by atoms with Gasteiger partial charge in [0.25, 0.3) is 0 Å². The molecule has 0 radical (unpaired) electrons. The molecular formula is C22H27N5O4S2. The molecule has 33 heavy (non-hydrogen) atoms. The van der Waals surface area contributed by atoms with Crippen LogP contribution in [0.15, 0.2) is 45.0 Å². The molecule has 1 aliphatic rings. The van der Waals surface area contributed by atoms with Gasteiger partial charge in [0, 0.05) is 25.8 Å². The van der Waals surface area contributed by atoms with Gasteiger partial charge in [0.05, 0.1) is 22.5 Å². The summed E-state index contributed by atoms with van der Waals surface area (Å²) < 4.78 is 34.9. The normalized spacial score (nSPS) is 15.0. The highest BCUT2D eigenvalue weighted by Gasteiger charge is 2.27. The first-order valence-electron chi connectivity index (χ1n) is 10.7. The third-order valence-electron chi connectivity index (χ3n) is 5.67. The van der Waals surface area contributed by atoms with E-state index in [0.29, 0.717) is 35.3 Å². The number of rotatable bonds is 7. The molecule has 2 aromatic heterocycles. The summed E-state index contributed by atoms with van der Waals surface area (Å²) in [5, 5.41) is 11.8. The van der Waals surface area contributed by atoms with Gasteiger partial charge >= 0.3 is 0 Å². The topological polar surface area (TPSA) is 110 Å². The number of aryl methyl sites for hydroxylation is 2. The van der Waals surface area contributed by atoms with Crippen LogP contribution < -0.4 is 5.32 Å². The molecule has 1 amide bonds. The fourth-order valence-corrected chi connectivity index (χ4v) is 6.30. The van der Waals surface area contributed by atoms with Crippen molar-refractivity contribution >= 4 is 33.4 Å². The first-order chi connectivity index (χ1) is 15.8. The van der Waals surface area contributed by atoms with E-state index in [-0.39, 0.29) is 16.6 Å². The average Bonchev–Trinajstić information content (AvgIpc) is 3.38. The Morgan fingerprint density at radius 3 is 2.61 bits per heavy atom. The number of carbonyl (C=O) groups excluding carboxylic acids is 1. The van der Waals surface area contributed by atoms with Gasteiger partial charge in [-0.25, -0.2) is 8.42 Å². The molecule has 0 unspecified atom stereocenters. The molecule has 1 saturated heterocycles. The summed E-state index contributed by atoms with van der Waals surface area (Å²) >= 11 is 1.25. The van der Waals surface area contributed by atoms with Crippen LogP contribution in [0.5, 0.6) is 0 Å². The molecule has 11 heteroatoms. The van der Waals surface area contributed by atoms with Crippen molar-refractivity contribution in [3.05, 3.63) is 41.9 Å². The van der Waals surface area contributed by atoms with E-state index in [2.05, 4.69) is 15.5 Å². The SMILES string of the molecule is Cc1ccc(NC(=O)CSc2nnc(-c3ccoc3C)n2C)cc1S(=O)(=O)N1CCCCC1. The zero-order valence-corrected chi connectivity index (χ0v) is 20.5. The van der Waals surface area contributed by atoms with Crippen LogP contribution in [-0.2, 0) is 21.9 Å². The molecule has 3 heterocycles. The zero-order chi connectivity index (χ0) is 23.6. The fourth-order valence-electron chi connectivity index (χ4n) is 3.82. The maximum atomic E-state index is 13.1. The summed E-state index contributed by atoms with van der Waals surface area (Å²) in [4.78, 5) is 12.8. The van der Waals surface area contributed by atoms with Crippen LogP contribution in [0.2, 0.25) is 0 Å². The second-order valence-corrected chi connectivity index (χ2v) is 10.9. The summed E-state index contributed by atoms with van der Waals surface area (Å²) in [5.74, 6) is 1.26. The number of benzene rings is 1. The first-order valence-corrected chi connectivity index (χ1v) is 13.2. The summed E-state index contributed by atoms with van der Waals surface area (Å²) in [6.07, 6.45) is 4.39. The van der Waals surface area contributed by atoms with E-state index >= 15 is 0 Å². The van der Waals surface area contributed by atoms with Crippen molar-refractivity contribution < 1.29 is 17.6 Å². The van der Waals surface area contributed by atoms with Crippen LogP contribution in [0.3, 0.4) is 0 Å². The number of piperidine rings is 1. The molecule has 1 N–H and O–H groups in total. The number of aromatic nitrogens is 3. The summed E-state index contributed by atoms with van der Waals surface area (Å²) in [7, 11) is -1.75. The molecule has 3 aromatic rings. The first kappa shape index (κ1) is 23.5. The number of nitrogens with zero attached hydrogens (tertiary/aromatic N) is 4. The van der Waals surface area contributed by atoms with E-state index in [9.17, 15) is 13.2 Å². The smallest absolute Gasteiger partial charge is 0.243 e. The zero-order valence-electron chi connectivity index (χ0n) is 18.9. The monoisotopic (exact) mass is 489 g/mol. The van der Waals surface area contributed by atoms with Crippen molar-refractivity contribution in [3.63, 3.8) is 0 Å². The van der Waals surface area contributed by atoms with Gasteiger partial charge in [-0.3, -0.25) is 4.79 Å². The minimum atomic E-state index is -3.59. The molecule has 1 aliphatic heterocycles. The molecule has 0 aliphatic carbocycles. The summed E-state index contributed by atoms with van der Waals surface area (Å²) in [6, 6.07) is 6.81. The standard InChI is InChI=1S/C22H27N5O4S2/c1-15-7-8-17(13-19(15)33(29,30)27-10-5-4-6-11-27)23-20(28)14-32-22-25-24-21(26(22)3)18-9-12-31-16(18)2/h7-9,12-13H,4-6,10-11,14H2,1-3H3,(H,23,28). The van der Waals surface area contributed by atoms with Gasteiger partial charge in [-0.1, -0.05) is 24.2 Å². The van der Waals surface area contributed by atoms with Crippen molar-refractivity contribution in [1.82, 2.24) is 19.1 Å². The predicted octanol–water partition coefficient (Wildman–Crippen LogP) is 3.60. The Hall–Kier alpha value is -2.63. The lowest BCUT2D eigenvalue weighted by Crippen LogP contribution is -2.36. The highest BCUT2D eigenvalue weighted by atomic mass is 32.2. The highest BCUT2D eigenvalue weighted by Crippen LogP contribution is 2.28. The van der Waals surface area contributed by atoms with Crippen molar-refractivity contribution in [2.75, 3.05) is 24.2 Å². The Bertz CT molecular complexity index is 1260. The van der Waals surface area contributed by atoms with Gasteiger partial charge in [0.2, 0.25) is 15.9 Å².